The first-order valence-electron chi connectivity index (χ1n) is 8.09. The molecule has 1 aromatic heterocycles. The van der Waals surface area contributed by atoms with Crippen molar-refractivity contribution in [2.75, 3.05) is 0 Å². The van der Waals surface area contributed by atoms with Crippen molar-refractivity contribution in [3.05, 3.63) is 53.3 Å². The van der Waals surface area contributed by atoms with Gasteiger partial charge in [-0.2, -0.15) is 5.10 Å². The van der Waals surface area contributed by atoms with Crippen molar-refractivity contribution in [2.45, 2.75) is 52.6 Å². The zero-order valence-electron chi connectivity index (χ0n) is 13.7. The van der Waals surface area contributed by atoms with Gasteiger partial charge in [0.2, 0.25) is 0 Å². The van der Waals surface area contributed by atoms with Crippen LogP contribution in [-0.2, 0) is 13.0 Å². The van der Waals surface area contributed by atoms with Crippen LogP contribution in [0.1, 0.15) is 55.2 Å². The first-order chi connectivity index (χ1) is 10.7. The van der Waals surface area contributed by atoms with Gasteiger partial charge in [-0.3, -0.25) is 9.48 Å². The SMILES string of the molecule is CCc1c(C(=O)NC(CC)CC)cnn1Cc1ccccc1. The minimum Gasteiger partial charge on any atom is -0.349 e. The number of nitrogens with zero attached hydrogens (tertiary/aromatic N) is 2. The van der Waals surface area contributed by atoms with Crippen LogP contribution >= 0.6 is 0 Å². The number of hydrogen-bond donors (Lipinski definition) is 1. The van der Waals surface area contributed by atoms with E-state index in [1.165, 1.54) is 5.56 Å². The fourth-order valence-corrected chi connectivity index (χ4v) is 2.62. The molecule has 4 heteroatoms. The van der Waals surface area contributed by atoms with Crippen LogP contribution in [0.15, 0.2) is 36.5 Å². The van der Waals surface area contributed by atoms with Crippen LogP contribution in [0.2, 0.25) is 0 Å². The van der Waals surface area contributed by atoms with Crippen LogP contribution < -0.4 is 5.32 Å². The highest BCUT2D eigenvalue weighted by Gasteiger charge is 2.18. The predicted octanol–water partition coefficient (Wildman–Crippen LogP) is 3.41. The van der Waals surface area contributed by atoms with Crippen LogP contribution in [0, 0.1) is 0 Å². The van der Waals surface area contributed by atoms with E-state index in [9.17, 15) is 4.79 Å². The molecule has 1 N–H and O–H groups in total. The fraction of sp³-hybridized carbons (Fsp3) is 0.444. The van der Waals surface area contributed by atoms with E-state index < -0.39 is 0 Å². The Bertz CT molecular complexity index is 600. The van der Waals surface area contributed by atoms with E-state index in [0.29, 0.717) is 12.1 Å². The Balaban J connectivity index is 2.18. The van der Waals surface area contributed by atoms with Crippen LogP contribution in [-0.4, -0.2) is 21.7 Å². The number of carbonyl (C=O) groups is 1. The van der Waals surface area contributed by atoms with E-state index in [2.05, 4.69) is 43.3 Å². The molecule has 118 valence electrons. The molecule has 0 bridgehead atoms. The van der Waals surface area contributed by atoms with Crippen molar-refractivity contribution in [3.8, 4) is 0 Å². The van der Waals surface area contributed by atoms with E-state index in [1.807, 2.05) is 22.9 Å². The average Bonchev–Trinajstić information content (AvgIpc) is 2.96. The lowest BCUT2D eigenvalue weighted by atomic mass is 10.1. The van der Waals surface area contributed by atoms with Crippen molar-refractivity contribution < 1.29 is 4.79 Å². The largest absolute Gasteiger partial charge is 0.349 e. The fourth-order valence-electron chi connectivity index (χ4n) is 2.62. The van der Waals surface area contributed by atoms with E-state index in [-0.39, 0.29) is 11.9 Å². The molecule has 2 aromatic rings. The van der Waals surface area contributed by atoms with Crippen LogP contribution in [0.3, 0.4) is 0 Å². The number of carbonyl (C=O) groups excluding carboxylic acids is 1. The maximum atomic E-state index is 12.5. The van der Waals surface area contributed by atoms with Crippen molar-refractivity contribution in [3.63, 3.8) is 0 Å². The van der Waals surface area contributed by atoms with E-state index in [4.69, 9.17) is 0 Å². The third kappa shape index (κ3) is 3.75. The molecule has 1 heterocycles. The molecular formula is C18H25N3O. The quantitative estimate of drug-likeness (QED) is 0.851. The van der Waals surface area contributed by atoms with Gasteiger partial charge in [-0.25, -0.2) is 0 Å². The van der Waals surface area contributed by atoms with E-state index in [1.54, 1.807) is 6.20 Å². The number of rotatable bonds is 7. The Hall–Kier alpha value is -2.10. The summed E-state index contributed by atoms with van der Waals surface area (Å²) >= 11 is 0. The first kappa shape index (κ1) is 16.3. The van der Waals surface area contributed by atoms with Gasteiger partial charge < -0.3 is 5.32 Å². The summed E-state index contributed by atoms with van der Waals surface area (Å²) in [4.78, 5) is 12.5. The lowest BCUT2D eigenvalue weighted by Gasteiger charge is -2.15. The lowest BCUT2D eigenvalue weighted by Crippen LogP contribution is -2.34. The van der Waals surface area contributed by atoms with Gasteiger partial charge in [-0.1, -0.05) is 51.1 Å². The van der Waals surface area contributed by atoms with Crippen molar-refractivity contribution in [2.24, 2.45) is 0 Å². The van der Waals surface area contributed by atoms with Crippen molar-refractivity contribution >= 4 is 5.91 Å². The molecule has 0 radical (unpaired) electrons. The lowest BCUT2D eigenvalue weighted by molar-refractivity contribution is 0.0934. The summed E-state index contributed by atoms with van der Waals surface area (Å²) < 4.78 is 1.93. The molecule has 0 fully saturated rings. The van der Waals surface area contributed by atoms with E-state index in [0.717, 1.165) is 25.0 Å². The highest BCUT2D eigenvalue weighted by Crippen LogP contribution is 2.13. The number of hydrogen-bond acceptors (Lipinski definition) is 2. The summed E-state index contributed by atoms with van der Waals surface area (Å²) in [7, 11) is 0. The summed E-state index contributed by atoms with van der Waals surface area (Å²) in [5, 5.41) is 7.51. The molecule has 0 aliphatic carbocycles. The van der Waals surface area contributed by atoms with Gasteiger partial charge in [0, 0.05) is 6.04 Å². The molecule has 0 aliphatic heterocycles. The Morgan fingerprint density at radius 1 is 1.18 bits per heavy atom. The van der Waals surface area contributed by atoms with Gasteiger partial charge in [0.1, 0.15) is 0 Å². The Morgan fingerprint density at radius 3 is 2.45 bits per heavy atom. The molecule has 4 nitrogen and oxygen atoms in total. The summed E-state index contributed by atoms with van der Waals surface area (Å²) in [6, 6.07) is 10.4. The highest BCUT2D eigenvalue weighted by molar-refractivity contribution is 5.95. The normalized spacial score (nSPS) is 10.9. The number of nitrogens with one attached hydrogen (secondary N) is 1. The minimum atomic E-state index is -0.00939. The average molecular weight is 299 g/mol. The number of aromatic nitrogens is 2. The molecule has 0 atom stereocenters. The van der Waals surface area contributed by atoms with Gasteiger partial charge in [0.15, 0.2) is 0 Å². The summed E-state index contributed by atoms with van der Waals surface area (Å²) in [5.74, 6) is -0.00939. The highest BCUT2D eigenvalue weighted by atomic mass is 16.1. The molecule has 2 rings (SSSR count). The van der Waals surface area contributed by atoms with Gasteiger partial charge in [0.25, 0.3) is 5.91 Å². The molecule has 0 saturated carbocycles. The third-order valence-electron chi connectivity index (χ3n) is 4.02. The molecule has 1 amide bonds. The second-order valence-corrected chi connectivity index (χ2v) is 5.49. The zero-order valence-corrected chi connectivity index (χ0v) is 13.7. The minimum absolute atomic E-state index is 0.00939. The van der Waals surface area contributed by atoms with Crippen molar-refractivity contribution in [1.82, 2.24) is 15.1 Å². The summed E-state index contributed by atoms with van der Waals surface area (Å²) in [6.45, 7) is 6.94. The third-order valence-corrected chi connectivity index (χ3v) is 4.02. The van der Waals surface area contributed by atoms with Crippen molar-refractivity contribution in [1.29, 1.82) is 0 Å². The standard InChI is InChI=1S/C18H25N3O/c1-4-15(5-2)20-18(22)16-12-19-21(17(16)6-3)13-14-10-8-7-9-11-14/h7-12,15H,4-6,13H2,1-3H3,(H,20,22). The smallest absolute Gasteiger partial charge is 0.254 e. The van der Waals surface area contributed by atoms with Crippen LogP contribution in [0.5, 0.6) is 0 Å². The summed E-state index contributed by atoms with van der Waals surface area (Å²) in [6.07, 6.45) is 4.38. The second-order valence-electron chi connectivity index (χ2n) is 5.49. The molecule has 0 unspecified atom stereocenters. The molecule has 0 spiro atoms. The maximum absolute atomic E-state index is 12.5. The van der Waals surface area contributed by atoms with Gasteiger partial charge in [-0.15, -0.1) is 0 Å². The Kier molecular flexibility index (Phi) is 5.75. The molecule has 0 aliphatic rings. The van der Waals surface area contributed by atoms with E-state index >= 15 is 0 Å². The molecular weight excluding hydrogens is 274 g/mol. The zero-order chi connectivity index (χ0) is 15.9. The number of benzene rings is 1. The monoisotopic (exact) mass is 299 g/mol. The second kappa shape index (κ2) is 7.78. The Morgan fingerprint density at radius 2 is 1.86 bits per heavy atom. The van der Waals surface area contributed by atoms with Crippen LogP contribution in [0.25, 0.3) is 0 Å². The molecule has 22 heavy (non-hydrogen) atoms. The molecule has 0 saturated heterocycles. The van der Waals surface area contributed by atoms with Gasteiger partial charge in [-0.05, 0) is 24.8 Å². The molecule has 1 aromatic carbocycles. The Labute approximate surface area is 132 Å². The topological polar surface area (TPSA) is 46.9 Å². The number of amides is 1. The maximum Gasteiger partial charge on any atom is 0.254 e. The van der Waals surface area contributed by atoms with Gasteiger partial charge in [0.05, 0.1) is 24.0 Å². The summed E-state index contributed by atoms with van der Waals surface area (Å²) in [5.41, 5.74) is 2.88. The first-order valence-corrected chi connectivity index (χ1v) is 8.09. The van der Waals surface area contributed by atoms with Gasteiger partial charge >= 0.3 is 0 Å². The predicted molar refractivity (Wildman–Crippen MR) is 89.0 cm³/mol. The van der Waals surface area contributed by atoms with Crippen LogP contribution in [0.4, 0.5) is 0 Å².